The third-order valence-corrected chi connectivity index (χ3v) is 2.84. The van der Waals surface area contributed by atoms with Crippen LogP contribution in [0.1, 0.15) is 24.4 Å². The van der Waals surface area contributed by atoms with Gasteiger partial charge in [-0.25, -0.2) is 4.98 Å². The first-order valence-corrected chi connectivity index (χ1v) is 5.18. The molecule has 0 atom stereocenters. The summed E-state index contributed by atoms with van der Waals surface area (Å²) in [6.45, 7) is 7.15. The van der Waals surface area contributed by atoms with Crippen molar-refractivity contribution in [2.24, 2.45) is 0 Å². The standard InChI is InChI=1S/C9H16N2OS/c1-6(2)10-5-8-7(3)11-9(12-4)13-8/h6,10H,5H2,1-4H3. The van der Waals surface area contributed by atoms with E-state index in [-0.39, 0.29) is 0 Å². The minimum absolute atomic E-state index is 0.507. The molecule has 4 heteroatoms. The van der Waals surface area contributed by atoms with Crippen molar-refractivity contribution in [1.82, 2.24) is 10.3 Å². The summed E-state index contributed by atoms with van der Waals surface area (Å²) in [5, 5.41) is 4.10. The van der Waals surface area contributed by atoms with Crippen LogP contribution in [0.4, 0.5) is 0 Å². The van der Waals surface area contributed by atoms with Gasteiger partial charge in [-0.15, -0.1) is 0 Å². The molecule has 0 bridgehead atoms. The molecule has 1 aromatic rings. The van der Waals surface area contributed by atoms with Crippen LogP contribution in [0, 0.1) is 6.92 Å². The van der Waals surface area contributed by atoms with E-state index in [1.165, 1.54) is 4.88 Å². The van der Waals surface area contributed by atoms with Crippen molar-refractivity contribution < 1.29 is 4.74 Å². The van der Waals surface area contributed by atoms with Crippen LogP contribution < -0.4 is 10.1 Å². The normalized spacial score (nSPS) is 10.8. The molecule has 13 heavy (non-hydrogen) atoms. The third-order valence-electron chi connectivity index (χ3n) is 1.72. The number of methoxy groups -OCH3 is 1. The summed E-state index contributed by atoms with van der Waals surface area (Å²) in [4.78, 5) is 5.52. The Balaban J connectivity index is 2.60. The topological polar surface area (TPSA) is 34.1 Å². The highest BCUT2D eigenvalue weighted by Crippen LogP contribution is 2.23. The second kappa shape index (κ2) is 4.58. The van der Waals surface area contributed by atoms with E-state index in [1.807, 2.05) is 6.92 Å². The Kier molecular flexibility index (Phi) is 3.69. The second-order valence-corrected chi connectivity index (χ2v) is 4.27. The zero-order valence-corrected chi connectivity index (χ0v) is 9.36. The number of aryl methyl sites for hydroxylation is 1. The minimum atomic E-state index is 0.507. The summed E-state index contributed by atoms with van der Waals surface area (Å²) in [6, 6.07) is 0.507. The summed E-state index contributed by atoms with van der Waals surface area (Å²) in [5.41, 5.74) is 1.06. The number of aromatic nitrogens is 1. The molecular weight excluding hydrogens is 184 g/mol. The summed E-state index contributed by atoms with van der Waals surface area (Å²) in [7, 11) is 1.65. The van der Waals surface area contributed by atoms with Crippen LogP contribution >= 0.6 is 11.3 Å². The molecule has 1 rings (SSSR count). The maximum absolute atomic E-state index is 5.06. The maximum atomic E-state index is 5.06. The van der Waals surface area contributed by atoms with Crippen LogP contribution in [0.15, 0.2) is 0 Å². The predicted octanol–water partition coefficient (Wildman–Crippen LogP) is 1.96. The highest BCUT2D eigenvalue weighted by atomic mass is 32.1. The number of thiazole rings is 1. The quantitative estimate of drug-likeness (QED) is 0.806. The van der Waals surface area contributed by atoms with Gasteiger partial charge in [0.2, 0.25) is 0 Å². The summed E-state index contributed by atoms with van der Waals surface area (Å²) >= 11 is 1.61. The molecule has 0 saturated carbocycles. The number of hydrogen-bond acceptors (Lipinski definition) is 4. The smallest absolute Gasteiger partial charge is 0.273 e. The van der Waals surface area contributed by atoms with Gasteiger partial charge in [-0.2, -0.15) is 0 Å². The Morgan fingerprint density at radius 2 is 2.23 bits per heavy atom. The highest BCUT2D eigenvalue weighted by Gasteiger charge is 2.07. The first-order valence-electron chi connectivity index (χ1n) is 4.37. The molecule has 0 amide bonds. The Hall–Kier alpha value is -0.610. The lowest BCUT2D eigenvalue weighted by atomic mass is 10.3. The van der Waals surface area contributed by atoms with E-state index in [1.54, 1.807) is 18.4 Å². The molecule has 0 aromatic carbocycles. The number of hydrogen-bond donors (Lipinski definition) is 1. The van der Waals surface area contributed by atoms with Crippen molar-refractivity contribution in [2.45, 2.75) is 33.4 Å². The second-order valence-electron chi connectivity index (χ2n) is 3.23. The molecule has 1 N–H and O–H groups in total. The molecule has 0 radical (unpaired) electrons. The Morgan fingerprint density at radius 3 is 2.69 bits per heavy atom. The maximum Gasteiger partial charge on any atom is 0.273 e. The van der Waals surface area contributed by atoms with E-state index < -0.39 is 0 Å². The van der Waals surface area contributed by atoms with Gasteiger partial charge in [0.25, 0.3) is 5.19 Å². The molecule has 0 aliphatic carbocycles. The van der Waals surface area contributed by atoms with Gasteiger partial charge in [0.15, 0.2) is 0 Å². The van der Waals surface area contributed by atoms with Gasteiger partial charge in [0, 0.05) is 17.5 Å². The van der Waals surface area contributed by atoms with Crippen LogP contribution in [0.2, 0.25) is 0 Å². The Labute approximate surface area is 83.1 Å². The predicted molar refractivity (Wildman–Crippen MR) is 55.4 cm³/mol. The van der Waals surface area contributed by atoms with Gasteiger partial charge < -0.3 is 10.1 Å². The van der Waals surface area contributed by atoms with Crippen molar-refractivity contribution in [2.75, 3.05) is 7.11 Å². The van der Waals surface area contributed by atoms with E-state index in [0.717, 1.165) is 17.4 Å². The van der Waals surface area contributed by atoms with Crippen molar-refractivity contribution in [1.29, 1.82) is 0 Å². The lowest BCUT2D eigenvalue weighted by Crippen LogP contribution is -2.21. The van der Waals surface area contributed by atoms with Gasteiger partial charge in [-0.1, -0.05) is 25.2 Å². The van der Waals surface area contributed by atoms with Crippen LogP contribution in [0.5, 0.6) is 5.19 Å². The van der Waals surface area contributed by atoms with Crippen molar-refractivity contribution in [3.8, 4) is 5.19 Å². The lowest BCUT2D eigenvalue weighted by Gasteiger charge is -2.05. The van der Waals surface area contributed by atoms with Crippen molar-refractivity contribution >= 4 is 11.3 Å². The third kappa shape index (κ3) is 2.97. The van der Waals surface area contributed by atoms with Gasteiger partial charge in [-0.3, -0.25) is 0 Å². The highest BCUT2D eigenvalue weighted by molar-refractivity contribution is 7.13. The van der Waals surface area contributed by atoms with Crippen LogP contribution in [0.25, 0.3) is 0 Å². The molecule has 0 spiro atoms. The molecule has 0 aliphatic rings. The largest absolute Gasteiger partial charge is 0.473 e. The molecule has 0 aliphatic heterocycles. The van der Waals surface area contributed by atoms with Crippen molar-refractivity contribution in [3.63, 3.8) is 0 Å². The van der Waals surface area contributed by atoms with E-state index in [9.17, 15) is 0 Å². The fourth-order valence-electron chi connectivity index (χ4n) is 0.949. The summed E-state index contributed by atoms with van der Waals surface area (Å²) < 4.78 is 5.06. The fourth-order valence-corrected chi connectivity index (χ4v) is 1.78. The number of nitrogens with one attached hydrogen (secondary N) is 1. The zero-order valence-electron chi connectivity index (χ0n) is 8.55. The Bertz CT molecular complexity index is 271. The Morgan fingerprint density at radius 1 is 1.54 bits per heavy atom. The number of nitrogens with zero attached hydrogens (tertiary/aromatic N) is 1. The monoisotopic (exact) mass is 200 g/mol. The van der Waals surface area contributed by atoms with E-state index in [2.05, 4.69) is 24.1 Å². The van der Waals surface area contributed by atoms with E-state index >= 15 is 0 Å². The van der Waals surface area contributed by atoms with Crippen LogP contribution in [-0.4, -0.2) is 18.1 Å². The number of ether oxygens (including phenoxy) is 1. The molecule has 0 fully saturated rings. The SMILES string of the molecule is COc1nc(C)c(CNC(C)C)s1. The molecule has 1 aromatic heterocycles. The molecule has 3 nitrogen and oxygen atoms in total. The van der Waals surface area contributed by atoms with E-state index in [4.69, 9.17) is 4.74 Å². The zero-order chi connectivity index (χ0) is 9.84. The van der Waals surface area contributed by atoms with Gasteiger partial charge >= 0.3 is 0 Å². The van der Waals surface area contributed by atoms with Gasteiger partial charge in [0.05, 0.1) is 12.8 Å². The lowest BCUT2D eigenvalue weighted by molar-refractivity contribution is 0.411. The summed E-state index contributed by atoms with van der Waals surface area (Å²) in [6.07, 6.45) is 0. The molecule has 1 heterocycles. The van der Waals surface area contributed by atoms with Crippen LogP contribution in [0.3, 0.4) is 0 Å². The van der Waals surface area contributed by atoms with Crippen molar-refractivity contribution in [3.05, 3.63) is 10.6 Å². The fraction of sp³-hybridized carbons (Fsp3) is 0.667. The van der Waals surface area contributed by atoms with E-state index in [0.29, 0.717) is 6.04 Å². The first-order chi connectivity index (χ1) is 6.13. The van der Waals surface area contributed by atoms with Gasteiger partial charge in [-0.05, 0) is 6.92 Å². The minimum Gasteiger partial charge on any atom is -0.473 e. The average Bonchev–Trinajstić information content (AvgIpc) is 2.43. The number of rotatable bonds is 4. The molecule has 0 unspecified atom stereocenters. The molecule has 74 valence electrons. The first kappa shape index (κ1) is 10.5. The van der Waals surface area contributed by atoms with Crippen LogP contribution in [-0.2, 0) is 6.54 Å². The molecule has 0 saturated heterocycles. The van der Waals surface area contributed by atoms with Gasteiger partial charge in [0.1, 0.15) is 0 Å². The summed E-state index contributed by atoms with van der Waals surface area (Å²) in [5.74, 6) is 0. The average molecular weight is 200 g/mol. The molecular formula is C9H16N2OS.